The number of nitrogens with zero attached hydrogens (tertiary/aromatic N) is 2. The van der Waals surface area contributed by atoms with Crippen molar-refractivity contribution in [3.63, 3.8) is 0 Å². The lowest BCUT2D eigenvalue weighted by atomic mass is 10.1. The summed E-state index contributed by atoms with van der Waals surface area (Å²) in [7, 11) is 4.50. The van der Waals surface area contributed by atoms with E-state index in [-0.39, 0.29) is 13.0 Å². The third-order valence-electron chi connectivity index (χ3n) is 4.68. The fourth-order valence-corrected chi connectivity index (χ4v) is 3.05. The molecule has 0 spiro atoms. The quantitative estimate of drug-likeness (QED) is 0.343. The molecule has 9 heteroatoms. The van der Waals surface area contributed by atoms with Crippen molar-refractivity contribution in [1.82, 2.24) is 0 Å². The maximum absolute atomic E-state index is 12.7. The number of nitriles is 1. The molecular formula is C25H28N2O7. The minimum atomic E-state index is -0.711. The molecule has 2 rings (SSSR count). The number of hydrogen-bond acceptors (Lipinski definition) is 8. The Morgan fingerprint density at radius 2 is 1.65 bits per heavy atom. The fourth-order valence-electron chi connectivity index (χ4n) is 3.05. The summed E-state index contributed by atoms with van der Waals surface area (Å²) in [6.45, 7) is 2.08. The Morgan fingerprint density at radius 1 is 1.00 bits per heavy atom. The van der Waals surface area contributed by atoms with Crippen LogP contribution in [0, 0.1) is 11.3 Å². The molecule has 0 aliphatic heterocycles. The average molecular weight is 469 g/mol. The van der Waals surface area contributed by atoms with Gasteiger partial charge < -0.3 is 28.6 Å². The third-order valence-corrected chi connectivity index (χ3v) is 4.68. The molecule has 0 heterocycles. The number of ether oxygens (including phenoxy) is 5. The van der Waals surface area contributed by atoms with Crippen LogP contribution in [0.15, 0.2) is 42.5 Å². The summed E-state index contributed by atoms with van der Waals surface area (Å²) in [5.74, 6) is 0.922. The maximum atomic E-state index is 12.7. The molecule has 0 aliphatic carbocycles. The van der Waals surface area contributed by atoms with Crippen molar-refractivity contribution in [2.75, 3.05) is 46.0 Å². The second-order valence-electron chi connectivity index (χ2n) is 6.77. The predicted molar refractivity (Wildman–Crippen MR) is 126 cm³/mol. The SMILES string of the molecule is CCOc1ccc(N(CCC#N)C(=O)COC(=O)/C=C/c2cc(OC)c(OC)cc2OC)cc1. The van der Waals surface area contributed by atoms with Gasteiger partial charge in [0.05, 0.1) is 40.4 Å². The van der Waals surface area contributed by atoms with E-state index in [0.29, 0.717) is 40.9 Å². The molecule has 0 saturated carbocycles. The van der Waals surface area contributed by atoms with Crippen molar-refractivity contribution >= 4 is 23.6 Å². The first-order valence-electron chi connectivity index (χ1n) is 10.5. The number of benzene rings is 2. The van der Waals surface area contributed by atoms with E-state index in [1.807, 2.05) is 13.0 Å². The van der Waals surface area contributed by atoms with Gasteiger partial charge in [-0.1, -0.05) is 0 Å². The molecule has 34 heavy (non-hydrogen) atoms. The molecule has 9 nitrogen and oxygen atoms in total. The molecule has 0 bridgehead atoms. The van der Waals surface area contributed by atoms with E-state index in [2.05, 4.69) is 0 Å². The zero-order valence-electron chi connectivity index (χ0n) is 19.7. The Labute approximate surface area is 199 Å². The Balaban J connectivity index is 2.07. The number of rotatable bonds is 12. The molecule has 0 radical (unpaired) electrons. The normalized spacial score (nSPS) is 10.3. The topological polar surface area (TPSA) is 107 Å². The van der Waals surface area contributed by atoms with Gasteiger partial charge in [-0.2, -0.15) is 5.26 Å². The second-order valence-corrected chi connectivity index (χ2v) is 6.77. The van der Waals surface area contributed by atoms with E-state index in [1.54, 1.807) is 36.4 Å². The van der Waals surface area contributed by atoms with Crippen molar-refractivity contribution in [3.8, 4) is 29.1 Å². The average Bonchev–Trinajstić information content (AvgIpc) is 2.86. The second kappa shape index (κ2) is 13.4. The lowest BCUT2D eigenvalue weighted by molar-refractivity contribution is -0.142. The van der Waals surface area contributed by atoms with Crippen LogP contribution < -0.4 is 23.8 Å². The van der Waals surface area contributed by atoms with Gasteiger partial charge in [-0.05, 0) is 43.3 Å². The first-order valence-corrected chi connectivity index (χ1v) is 10.5. The lowest BCUT2D eigenvalue weighted by Crippen LogP contribution is -2.35. The highest BCUT2D eigenvalue weighted by Gasteiger charge is 2.17. The monoisotopic (exact) mass is 468 g/mol. The molecule has 180 valence electrons. The molecule has 0 fully saturated rings. The Bertz CT molecular complexity index is 1040. The standard InChI is InChI=1S/C25H28N2O7/c1-5-33-20-10-8-19(9-11-20)27(14-6-13-26)24(28)17-34-25(29)12-7-18-15-22(31-3)23(32-4)16-21(18)30-2/h7-12,15-16H,5-6,14,17H2,1-4H3/b12-7+. The number of hydrogen-bond donors (Lipinski definition) is 0. The van der Waals surface area contributed by atoms with Crippen molar-refractivity contribution in [3.05, 3.63) is 48.0 Å². The van der Waals surface area contributed by atoms with Crippen LogP contribution >= 0.6 is 0 Å². The van der Waals surface area contributed by atoms with Crippen molar-refractivity contribution in [2.24, 2.45) is 0 Å². The molecular weight excluding hydrogens is 440 g/mol. The highest BCUT2D eigenvalue weighted by atomic mass is 16.5. The van der Waals surface area contributed by atoms with Crippen LogP contribution in [0.3, 0.4) is 0 Å². The van der Waals surface area contributed by atoms with Crippen LogP contribution in [-0.4, -0.2) is 53.0 Å². The van der Waals surface area contributed by atoms with E-state index in [0.717, 1.165) is 0 Å². The lowest BCUT2D eigenvalue weighted by Gasteiger charge is -2.21. The summed E-state index contributed by atoms with van der Waals surface area (Å²) in [5, 5.41) is 8.94. The third kappa shape index (κ3) is 7.17. The van der Waals surface area contributed by atoms with Crippen LogP contribution in [0.4, 0.5) is 5.69 Å². The Morgan fingerprint density at radius 3 is 2.24 bits per heavy atom. The van der Waals surface area contributed by atoms with Crippen molar-refractivity contribution < 1.29 is 33.3 Å². The van der Waals surface area contributed by atoms with Crippen LogP contribution in [0.1, 0.15) is 18.9 Å². The van der Waals surface area contributed by atoms with Gasteiger partial charge in [0.15, 0.2) is 18.1 Å². The van der Waals surface area contributed by atoms with Crippen LogP contribution in [0.5, 0.6) is 23.0 Å². The summed E-state index contributed by atoms with van der Waals surface area (Å²) in [4.78, 5) is 26.4. The van der Waals surface area contributed by atoms with Gasteiger partial charge in [0.2, 0.25) is 0 Å². The number of amides is 1. The Kier molecular flexibility index (Phi) is 10.3. The summed E-state index contributed by atoms with van der Waals surface area (Å²) in [6.07, 6.45) is 2.81. The fraction of sp³-hybridized carbons (Fsp3) is 0.320. The van der Waals surface area contributed by atoms with E-state index in [1.165, 1.54) is 38.4 Å². The minimum Gasteiger partial charge on any atom is -0.496 e. The number of carbonyl (C=O) groups excluding carboxylic acids is 2. The van der Waals surface area contributed by atoms with Gasteiger partial charge in [0, 0.05) is 29.9 Å². The Hall–Kier alpha value is -4.19. The van der Waals surface area contributed by atoms with Crippen LogP contribution in [0.2, 0.25) is 0 Å². The molecule has 1 amide bonds. The van der Waals surface area contributed by atoms with E-state index >= 15 is 0 Å². The zero-order valence-corrected chi connectivity index (χ0v) is 19.7. The molecule has 0 aliphatic rings. The van der Waals surface area contributed by atoms with E-state index in [9.17, 15) is 9.59 Å². The summed E-state index contributed by atoms with van der Waals surface area (Å²) >= 11 is 0. The summed E-state index contributed by atoms with van der Waals surface area (Å²) in [6, 6.07) is 12.2. The predicted octanol–water partition coefficient (Wildman–Crippen LogP) is 3.61. The number of carbonyl (C=O) groups is 2. The van der Waals surface area contributed by atoms with Gasteiger partial charge in [0.25, 0.3) is 5.91 Å². The van der Waals surface area contributed by atoms with Crippen molar-refractivity contribution in [2.45, 2.75) is 13.3 Å². The smallest absolute Gasteiger partial charge is 0.331 e. The van der Waals surface area contributed by atoms with Crippen LogP contribution in [-0.2, 0) is 14.3 Å². The molecule has 0 unspecified atom stereocenters. The molecule has 0 saturated heterocycles. The molecule has 0 N–H and O–H groups in total. The van der Waals surface area contributed by atoms with Gasteiger partial charge in [0.1, 0.15) is 11.5 Å². The van der Waals surface area contributed by atoms with Gasteiger partial charge in [-0.3, -0.25) is 4.79 Å². The van der Waals surface area contributed by atoms with Crippen molar-refractivity contribution in [1.29, 1.82) is 5.26 Å². The van der Waals surface area contributed by atoms with E-state index < -0.39 is 18.5 Å². The molecule has 2 aromatic carbocycles. The van der Waals surface area contributed by atoms with Gasteiger partial charge in [-0.25, -0.2) is 4.79 Å². The maximum Gasteiger partial charge on any atom is 0.331 e. The molecule has 2 aromatic rings. The largest absolute Gasteiger partial charge is 0.496 e. The first kappa shape index (κ1) is 26.1. The van der Waals surface area contributed by atoms with Gasteiger partial charge in [-0.15, -0.1) is 0 Å². The molecule has 0 atom stereocenters. The highest BCUT2D eigenvalue weighted by molar-refractivity contribution is 5.96. The van der Waals surface area contributed by atoms with Crippen LogP contribution in [0.25, 0.3) is 6.08 Å². The number of methoxy groups -OCH3 is 3. The summed E-state index contributed by atoms with van der Waals surface area (Å²) in [5.41, 5.74) is 1.14. The molecule has 0 aromatic heterocycles. The number of esters is 1. The van der Waals surface area contributed by atoms with E-state index in [4.69, 9.17) is 28.9 Å². The number of anilines is 1. The summed E-state index contributed by atoms with van der Waals surface area (Å²) < 4.78 is 26.4. The highest BCUT2D eigenvalue weighted by Crippen LogP contribution is 2.35. The minimum absolute atomic E-state index is 0.131. The first-order chi connectivity index (χ1) is 16.5. The zero-order chi connectivity index (χ0) is 24.9. The van der Waals surface area contributed by atoms with Gasteiger partial charge >= 0.3 is 5.97 Å².